The summed E-state index contributed by atoms with van der Waals surface area (Å²) in [6.07, 6.45) is 1.40. The smallest absolute Gasteiger partial charge is 0.342 e. The summed E-state index contributed by atoms with van der Waals surface area (Å²) in [6, 6.07) is 5.67. The molecule has 146 valence electrons. The number of ether oxygens (including phenoxy) is 3. The number of fused-ring (bicyclic) bond motifs is 2. The summed E-state index contributed by atoms with van der Waals surface area (Å²) < 4.78 is 17.7. The van der Waals surface area contributed by atoms with Crippen LogP contribution in [-0.2, 0) is 11.3 Å². The van der Waals surface area contributed by atoms with Crippen LogP contribution in [0.25, 0.3) is 16.3 Å². The lowest BCUT2D eigenvalue weighted by Gasteiger charge is -2.09. The van der Waals surface area contributed by atoms with E-state index in [0.29, 0.717) is 34.2 Å². The van der Waals surface area contributed by atoms with Gasteiger partial charge in [0.1, 0.15) is 23.5 Å². The third-order valence-corrected chi connectivity index (χ3v) is 5.51. The van der Waals surface area contributed by atoms with Gasteiger partial charge in [-0.1, -0.05) is 0 Å². The molecule has 0 saturated carbocycles. The van der Waals surface area contributed by atoms with Crippen molar-refractivity contribution in [3.05, 3.63) is 52.6 Å². The molecule has 1 aromatic carbocycles. The number of carbonyl (C=O) groups excluding carboxylic acids is 1. The average molecular weight is 409 g/mol. The van der Waals surface area contributed by atoms with Crippen molar-refractivity contribution in [3.8, 4) is 22.1 Å². The molecule has 0 amide bonds. The SMILES string of the molecule is Cc1nc2ncnn2c(C)c1C(=O)OCc1csc(-c2ccc3c(c2)OCO3)n1. The lowest BCUT2D eigenvalue weighted by Crippen LogP contribution is -2.14. The van der Waals surface area contributed by atoms with Gasteiger partial charge in [-0.05, 0) is 32.0 Å². The topological polar surface area (TPSA) is 101 Å². The minimum atomic E-state index is -0.470. The van der Waals surface area contributed by atoms with Gasteiger partial charge < -0.3 is 14.2 Å². The van der Waals surface area contributed by atoms with Crippen molar-refractivity contribution < 1.29 is 19.0 Å². The molecule has 0 bridgehead atoms. The number of thiazole rings is 1. The van der Waals surface area contributed by atoms with Crippen molar-refractivity contribution in [1.82, 2.24) is 24.6 Å². The summed E-state index contributed by atoms with van der Waals surface area (Å²) in [5.41, 5.74) is 3.15. The van der Waals surface area contributed by atoms with Crippen LogP contribution >= 0.6 is 11.3 Å². The summed E-state index contributed by atoms with van der Waals surface area (Å²) in [5, 5.41) is 6.77. The van der Waals surface area contributed by atoms with E-state index in [9.17, 15) is 4.79 Å². The zero-order chi connectivity index (χ0) is 20.0. The van der Waals surface area contributed by atoms with Gasteiger partial charge in [0.2, 0.25) is 6.79 Å². The molecule has 0 aliphatic carbocycles. The molecule has 5 rings (SSSR count). The Labute approximate surface area is 168 Å². The van der Waals surface area contributed by atoms with E-state index in [4.69, 9.17) is 14.2 Å². The molecular weight excluding hydrogens is 394 g/mol. The third-order valence-electron chi connectivity index (χ3n) is 4.57. The lowest BCUT2D eigenvalue weighted by molar-refractivity contribution is 0.0465. The fraction of sp³-hybridized carbons (Fsp3) is 0.211. The van der Waals surface area contributed by atoms with Crippen LogP contribution in [-0.4, -0.2) is 37.3 Å². The molecule has 1 aliphatic heterocycles. The van der Waals surface area contributed by atoms with Crippen LogP contribution in [0.5, 0.6) is 11.5 Å². The first kappa shape index (κ1) is 17.6. The second-order valence-corrected chi connectivity index (χ2v) is 7.28. The number of hydrogen-bond donors (Lipinski definition) is 0. The van der Waals surface area contributed by atoms with Crippen LogP contribution in [0.3, 0.4) is 0 Å². The van der Waals surface area contributed by atoms with E-state index in [1.54, 1.807) is 13.8 Å². The second-order valence-electron chi connectivity index (χ2n) is 6.42. The maximum absolute atomic E-state index is 12.7. The summed E-state index contributed by atoms with van der Waals surface area (Å²) in [7, 11) is 0. The van der Waals surface area contributed by atoms with E-state index in [0.717, 1.165) is 16.3 Å². The van der Waals surface area contributed by atoms with Crippen LogP contribution in [0, 0.1) is 13.8 Å². The third kappa shape index (κ3) is 3.07. The van der Waals surface area contributed by atoms with Crippen molar-refractivity contribution in [3.63, 3.8) is 0 Å². The predicted molar refractivity (Wildman–Crippen MR) is 103 cm³/mol. The van der Waals surface area contributed by atoms with E-state index in [1.807, 2.05) is 23.6 Å². The molecule has 1 aliphatic rings. The van der Waals surface area contributed by atoms with Gasteiger partial charge in [-0.2, -0.15) is 10.1 Å². The van der Waals surface area contributed by atoms with Crippen molar-refractivity contribution in [2.45, 2.75) is 20.5 Å². The van der Waals surface area contributed by atoms with Crippen LogP contribution in [0.1, 0.15) is 27.4 Å². The highest BCUT2D eigenvalue weighted by molar-refractivity contribution is 7.13. The molecule has 4 heterocycles. The Bertz CT molecular complexity index is 1250. The van der Waals surface area contributed by atoms with Crippen molar-refractivity contribution in [2.75, 3.05) is 6.79 Å². The Kier molecular flexibility index (Phi) is 4.13. The number of carbonyl (C=O) groups is 1. The van der Waals surface area contributed by atoms with Crippen molar-refractivity contribution >= 4 is 23.1 Å². The van der Waals surface area contributed by atoms with Gasteiger partial charge in [-0.25, -0.2) is 19.3 Å². The highest BCUT2D eigenvalue weighted by atomic mass is 32.1. The first-order valence-corrected chi connectivity index (χ1v) is 9.66. The molecule has 10 heteroatoms. The van der Waals surface area contributed by atoms with E-state index in [1.165, 1.54) is 22.2 Å². The number of hydrogen-bond acceptors (Lipinski definition) is 9. The Morgan fingerprint density at radius 2 is 2.10 bits per heavy atom. The first-order chi connectivity index (χ1) is 14.1. The number of benzene rings is 1. The monoisotopic (exact) mass is 409 g/mol. The Morgan fingerprint density at radius 3 is 3.00 bits per heavy atom. The summed E-state index contributed by atoms with van der Waals surface area (Å²) >= 11 is 1.47. The standard InChI is InChI=1S/C19H15N5O4S/c1-10-16(11(2)24-19(22-10)20-8-21-24)18(25)26-6-13-7-29-17(23-13)12-3-4-14-15(5-12)28-9-27-14/h3-5,7-8H,6,9H2,1-2H3. The molecule has 0 N–H and O–H groups in total. The summed E-state index contributed by atoms with van der Waals surface area (Å²) in [6.45, 7) is 3.83. The van der Waals surface area contributed by atoms with Crippen LogP contribution in [0.4, 0.5) is 0 Å². The minimum Gasteiger partial charge on any atom is -0.455 e. The van der Waals surface area contributed by atoms with Crippen molar-refractivity contribution in [1.29, 1.82) is 0 Å². The average Bonchev–Trinajstić information content (AvgIpc) is 3.45. The maximum Gasteiger partial charge on any atom is 0.342 e. The van der Waals surface area contributed by atoms with Crippen LogP contribution in [0.15, 0.2) is 29.9 Å². The molecule has 0 spiro atoms. The Morgan fingerprint density at radius 1 is 1.24 bits per heavy atom. The molecule has 29 heavy (non-hydrogen) atoms. The molecule has 0 unspecified atom stereocenters. The quantitative estimate of drug-likeness (QED) is 0.474. The fourth-order valence-corrected chi connectivity index (χ4v) is 3.97. The number of esters is 1. The van der Waals surface area contributed by atoms with Gasteiger partial charge in [0.25, 0.3) is 5.78 Å². The Balaban J connectivity index is 1.33. The highest BCUT2D eigenvalue weighted by Gasteiger charge is 2.20. The molecule has 0 saturated heterocycles. The number of aryl methyl sites for hydroxylation is 2. The number of aromatic nitrogens is 5. The van der Waals surface area contributed by atoms with Crippen LogP contribution < -0.4 is 9.47 Å². The van der Waals surface area contributed by atoms with E-state index >= 15 is 0 Å². The molecule has 9 nitrogen and oxygen atoms in total. The second kappa shape index (κ2) is 6.82. The van der Waals surface area contributed by atoms with Gasteiger partial charge in [0.05, 0.1) is 17.1 Å². The molecule has 0 radical (unpaired) electrons. The molecule has 0 fully saturated rings. The van der Waals surface area contributed by atoms with Gasteiger partial charge in [0, 0.05) is 10.9 Å². The number of rotatable bonds is 4. The van der Waals surface area contributed by atoms with E-state index in [-0.39, 0.29) is 13.4 Å². The first-order valence-electron chi connectivity index (χ1n) is 8.78. The largest absolute Gasteiger partial charge is 0.455 e. The summed E-state index contributed by atoms with van der Waals surface area (Å²) in [4.78, 5) is 25.6. The van der Waals surface area contributed by atoms with Gasteiger partial charge >= 0.3 is 5.97 Å². The van der Waals surface area contributed by atoms with E-state index < -0.39 is 5.97 Å². The normalized spacial score (nSPS) is 12.5. The highest BCUT2D eigenvalue weighted by Crippen LogP contribution is 2.36. The maximum atomic E-state index is 12.7. The minimum absolute atomic E-state index is 0.0637. The number of nitrogens with zero attached hydrogens (tertiary/aromatic N) is 5. The van der Waals surface area contributed by atoms with Crippen molar-refractivity contribution in [2.24, 2.45) is 0 Å². The zero-order valence-corrected chi connectivity index (χ0v) is 16.4. The van der Waals surface area contributed by atoms with Gasteiger partial charge in [-0.3, -0.25) is 0 Å². The molecule has 4 aromatic rings. The molecule has 0 atom stereocenters. The lowest BCUT2D eigenvalue weighted by atomic mass is 10.2. The molecular formula is C19H15N5O4S. The fourth-order valence-electron chi connectivity index (χ4n) is 3.16. The van der Waals surface area contributed by atoms with Gasteiger partial charge in [-0.15, -0.1) is 11.3 Å². The molecule has 3 aromatic heterocycles. The van der Waals surface area contributed by atoms with E-state index in [2.05, 4.69) is 20.1 Å². The predicted octanol–water partition coefficient (Wildman–Crippen LogP) is 2.95. The van der Waals surface area contributed by atoms with Crippen LogP contribution in [0.2, 0.25) is 0 Å². The summed E-state index contributed by atoms with van der Waals surface area (Å²) in [5.74, 6) is 1.41. The van der Waals surface area contributed by atoms with Gasteiger partial charge in [0.15, 0.2) is 11.5 Å². The Hall–Kier alpha value is -3.53. The zero-order valence-electron chi connectivity index (χ0n) is 15.6.